The summed E-state index contributed by atoms with van der Waals surface area (Å²) in [6.45, 7) is 6.44. The molecule has 0 spiro atoms. The molecule has 0 aliphatic rings. The van der Waals surface area contributed by atoms with Gasteiger partial charge in [-0.05, 0) is 81.6 Å². The van der Waals surface area contributed by atoms with Crippen LogP contribution < -0.4 is 14.8 Å². The normalized spacial score (nSPS) is 12.3. The Hall–Kier alpha value is -5.38. The maximum atomic E-state index is 13.4. The molecule has 1 aromatic heterocycles. The molecule has 1 amide bonds. The molecule has 5 aromatic rings. The predicted molar refractivity (Wildman–Crippen MR) is 172 cm³/mol. The standard InChI is InChI=1S/C37H33F3N2O5/c1-36(2,3)28-12-17-29(18-13-28)46-31-16-11-26-22-41-33(20-27(26)19-31)35(44)42-32(21-34(43)45-4)25-7-5-23(6-8-25)24-9-14-30(15-10-24)47-37(38,39)40/h5-20,22,32H,21H2,1-4H3,(H,42,44). The lowest BCUT2D eigenvalue weighted by atomic mass is 9.87. The molecular weight excluding hydrogens is 609 g/mol. The maximum absolute atomic E-state index is 13.4. The van der Waals surface area contributed by atoms with Crippen LogP contribution in [0.15, 0.2) is 103 Å². The van der Waals surface area contributed by atoms with E-state index in [4.69, 9.17) is 9.47 Å². The van der Waals surface area contributed by atoms with E-state index < -0.39 is 24.3 Å². The van der Waals surface area contributed by atoms with E-state index in [0.29, 0.717) is 22.6 Å². The van der Waals surface area contributed by atoms with Crippen molar-refractivity contribution >= 4 is 22.6 Å². The van der Waals surface area contributed by atoms with Crippen LogP contribution in [-0.4, -0.2) is 30.3 Å². The van der Waals surface area contributed by atoms with Gasteiger partial charge in [-0.1, -0.05) is 69.3 Å². The van der Waals surface area contributed by atoms with Gasteiger partial charge in [-0.25, -0.2) is 0 Å². The SMILES string of the molecule is COC(=O)CC(NC(=O)c1cc2cc(Oc3ccc(C(C)(C)C)cc3)ccc2cn1)c1ccc(-c2ccc(OC(F)(F)F)cc2)cc1. The summed E-state index contributed by atoms with van der Waals surface area (Å²) in [6, 6.07) is 26.8. The highest BCUT2D eigenvalue weighted by atomic mass is 19.4. The fourth-order valence-electron chi connectivity index (χ4n) is 4.96. The Kier molecular flexibility index (Phi) is 9.51. The van der Waals surface area contributed by atoms with Crippen molar-refractivity contribution in [3.05, 3.63) is 120 Å². The first-order valence-corrected chi connectivity index (χ1v) is 14.8. The fourth-order valence-corrected chi connectivity index (χ4v) is 4.96. The highest BCUT2D eigenvalue weighted by Gasteiger charge is 2.31. The van der Waals surface area contributed by atoms with Gasteiger partial charge in [-0.15, -0.1) is 13.2 Å². The summed E-state index contributed by atoms with van der Waals surface area (Å²) in [5.74, 6) is -0.0495. The average molecular weight is 643 g/mol. The summed E-state index contributed by atoms with van der Waals surface area (Å²) in [7, 11) is 1.26. The summed E-state index contributed by atoms with van der Waals surface area (Å²) in [5.41, 5.74) is 3.37. The maximum Gasteiger partial charge on any atom is 0.573 e. The topological polar surface area (TPSA) is 86.8 Å². The molecule has 10 heteroatoms. The van der Waals surface area contributed by atoms with Crippen molar-refractivity contribution in [1.29, 1.82) is 0 Å². The van der Waals surface area contributed by atoms with Gasteiger partial charge in [-0.3, -0.25) is 14.6 Å². The molecule has 5 rings (SSSR count). The lowest BCUT2D eigenvalue weighted by Gasteiger charge is -2.19. The summed E-state index contributed by atoms with van der Waals surface area (Å²) in [5, 5.41) is 4.44. The minimum absolute atomic E-state index is 0.0265. The zero-order chi connectivity index (χ0) is 33.8. The number of esters is 1. The van der Waals surface area contributed by atoms with E-state index in [1.807, 2.05) is 42.5 Å². The van der Waals surface area contributed by atoms with Gasteiger partial charge in [0.05, 0.1) is 19.6 Å². The van der Waals surface area contributed by atoms with Crippen molar-refractivity contribution in [3.8, 4) is 28.4 Å². The first-order chi connectivity index (χ1) is 22.3. The molecule has 0 saturated heterocycles. The van der Waals surface area contributed by atoms with E-state index in [1.54, 1.807) is 36.5 Å². The molecule has 0 bridgehead atoms. The van der Waals surface area contributed by atoms with E-state index in [9.17, 15) is 22.8 Å². The Labute approximate surface area is 270 Å². The molecule has 242 valence electrons. The zero-order valence-electron chi connectivity index (χ0n) is 26.2. The molecule has 7 nitrogen and oxygen atoms in total. The third kappa shape index (κ3) is 8.66. The summed E-state index contributed by atoms with van der Waals surface area (Å²) < 4.78 is 52.4. The van der Waals surface area contributed by atoms with E-state index in [2.05, 4.69) is 35.8 Å². The Balaban J connectivity index is 1.32. The Bertz CT molecular complexity index is 1870. The number of fused-ring (bicyclic) bond motifs is 1. The van der Waals surface area contributed by atoms with Gasteiger partial charge in [0.1, 0.15) is 22.9 Å². The molecule has 1 heterocycles. The lowest BCUT2D eigenvalue weighted by molar-refractivity contribution is -0.274. The zero-order valence-corrected chi connectivity index (χ0v) is 26.2. The number of ether oxygens (including phenoxy) is 3. The van der Waals surface area contributed by atoms with Crippen LogP contribution in [0.3, 0.4) is 0 Å². The van der Waals surface area contributed by atoms with Crippen LogP contribution in [0.4, 0.5) is 13.2 Å². The number of rotatable bonds is 9. The molecule has 0 radical (unpaired) electrons. The monoisotopic (exact) mass is 642 g/mol. The number of halogens is 3. The quantitative estimate of drug-likeness (QED) is 0.162. The van der Waals surface area contributed by atoms with Crippen LogP contribution in [0.5, 0.6) is 17.2 Å². The van der Waals surface area contributed by atoms with Crippen LogP contribution in [0.1, 0.15) is 54.8 Å². The molecule has 47 heavy (non-hydrogen) atoms. The number of nitrogens with one attached hydrogen (secondary N) is 1. The molecule has 4 aromatic carbocycles. The largest absolute Gasteiger partial charge is 0.573 e. The number of amides is 1. The Morgan fingerprint density at radius 1 is 0.766 bits per heavy atom. The van der Waals surface area contributed by atoms with Gasteiger partial charge < -0.3 is 19.5 Å². The van der Waals surface area contributed by atoms with Crippen molar-refractivity contribution in [2.24, 2.45) is 0 Å². The first-order valence-electron chi connectivity index (χ1n) is 14.8. The summed E-state index contributed by atoms with van der Waals surface area (Å²) in [6.07, 6.45) is -3.31. The Morgan fingerprint density at radius 3 is 1.96 bits per heavy atom. The van der Waals surface area contributed by atoms with Crippen molar-refractivity contribution < 1.29 is 37.0 Å². The molecule has 0 fully saturated rings. The molecule has 1 unspecified atom stereocenters. The van der Waals surface area contributed by atoms with Crippen molar-refractivity contribution in [1.82, 2.24) is 10.3 Å². The number of benzene rings is 4. The fraction of sp³-hybridized carbons (Fsp3) is 0.216. The number of aromatic nitrogens is 1. The second-order valence-corrected chi connectivity index (χ2v) is 12.0. The summed E-state index contributed by atoms with van der Waals surface area (Å²) >= 11 is 0. The molecule has 0 aliphatic heterocycles. The number of nitrogens with zero attached hydrogens (tertiary/aromatic N) is 1. The van der Waals surface area contributed by atoms with Crippen LogP contribution in [0, 0.1) is 0 Å². The number of carbonyl (C=O) groups is 2. The number of pyridine rings is 1. The van der Waals surface area contributed by atoms with Gasteiger partial charge in [0, 0.05) is 11.6 Å². The molecule has 1 atom stereocenters. The Morgan fingerprint density at radius 2 is 1.36 bits per heavy atom. The number of carbonyl (C=O) groups excluding carboxylic acids is 2. The van der Waals surface area contributed by atoms with E-state index >= 15 is 0 Å². The van der Waals surface area contributed by atoms with Gasteiger partial charge >= 0.3 is 12.3 Å². The van der Waals surface area contributed by atoms with Crippen molar-refractivity contribution in [3.63, 3.8) is 0 Å². The minimum Gasteiger partial charge on any atom is -0.469 e. The van der Waals surface area contributed by atoms with Gasteiger partial charge in [-0.2, -0.15) is 0 Å². The third-order valence-corrected chi connectivity index (χ3v) is 7.52. The predicted octanol–water partition coefficient (Wildman–Crippen LogP) is 8.92. The van der Waals surface area contributed by atoms with Gasteiger partial charge in [0.25, 0.3) is 5.91 Å². The van der Waals surface area contributed by atoms with Crippen LogP contribution in [0.2, 0.25) is 0 Å². The highest BCUT2D eigenvalue weighted by molar-refractivity contribution is 5.97. The van der Waals surface area contributed by atoms with Gasteiger partial charge in [0.15, 0.2) is 0 Å². The van der Waals surface area contributed by atoms with E-state index in [-0.39, 0.29) is 23.3 Å². The second kappa shape index (κ2) is 13.5. The molecule has 1 N–H and O–H groups in total. The van der Waals surface area contributed by atoms with Crippen molar-refractivity contribution in [2.75, 3.05) is 7.11 Å². The number of hydrogen-bond donors (Lipinski definition) is 1. The molecule has 0 saturated carbocycles. The highest BCUT2D eigenvalue weighted by Crippen LogP contribution is 2.30. The second-order valence-electron chi connectivity index (χ2n) is 12.0. The molecular formula is C37H33F3N2O5. The number of methoxy groups -OCH3 is 1. The molecule has 0 aliphatic carbocycles. The van der Waals surface area contributed by atoms with E-state index in [1.165, 1.54) is 36.9 Å². The van der Waals surface area contributed by atoms with Crippen LogP contribution in [-0.2, 0) is 14.9 Å². The number of alkyl halides is 3. The smallest absolute Gasteiger partial charge is 0.469 e. The van der Waals surface area contributed by atoms with Crippen LogP contribution in [0.25, 0.3) is 21.9 Å². The van der Waals surface area contributed by atoms with Gasteiger partial charge in [0.2, 0.25) is 0 Å². The number of hydrogen-bond acceptors (Lipinski definition) is 6. The lowest BCUT2D eigenvalue weighted by Crippen LogP contribution is -2.31. The average Bonchev–Trinajstić information content (AvgIpc) is 3.03. The first kappa shape index (κ1) is 33.0. The van der Waals surface area contributed by atoms with E-state index in [0.717, 1.165) is 16.3 Å². The van der Waals surface area contributed by atoms with Crippen molar-refractivity contribution in [2.45, 2.75) is 45.0 Å². The minimum atomic E-state index is -4.78. The van der Waals surface area contributed by atoms with Crippen LogP contribution >= 0.6 is 0 Å². The third-order valence-electron chi connectivity index (χ3n) is 7.52. The summed E-state index contributed by atoms with van der Waals surface area (Å²) in [4.78, 5) is 30.0.